The van der Waals surface area contributed by atoms with Crippen molar-refractivity contribution in [3.8, 4) is 5.75 Å². The summed E-state index contributed by atoms with van der Waals surface area (Å²) >= 11 is 0. The van der Waals surface area contributed by atoms with Crippen LogP contribution in [-0.2, 0) is 0 Å². The van der Waals surface area contributed by atoms with Crippen molar-refractivity contribution in [3.63, 3.8) is 0 Å². The summed E-state index contributed by atoms with van der Waals surface area (Å²) in [4.78, 5) is 4.03. The first-order chi connectivity index (χ1) is 7.90. The molecule has 1 aromatic heterocycles. The lowest BCUT2D eigenvalue weighted by Gasteiger charge is -2.21. The zero-order valence-corrected chi connectivity index (χ0v) is 9.64. The molecule has 2 rings (SSSR count). The van der Waals surface area contributed by atoms with E-state index in [0.717, 1.165) is 24.8 Å². The van der Waals surface area contributed by atoms with Crippen LogP contribution in [0.5, 0.6) is 5.75 Å². The predicted octanol–water partition coefficient (Wildman–Crippen LogP) is 2.23. The van der Waals surface area contributed by atoms with Crippen LogP contribution < -0.4 is 10.5 Å². The molecule has 0 aromatic carbocycles. The maximum Gasteiger partial charge on any atom is 0.137 e. The lowest BCUT2D eigenvalue weighted by Crippen LogP contribution is -2.27. The number of rotatable bonds is 5. The minimum absolute atomic E-state index is 0.503. The van der Waals surface area contributed by atoms with E-state index >= 15 is 0 Å². The number of pyridine rings is 1. The second-order valence-corrected chi connectivity index (χ2v) is 4.54. The zero-order chi connectivity index (χ0) is 11.2. The molecule has 1 atom stereocenters. The molecule has 16 heavy (non-hydrogen) atoms. The second kappa shape index (κ2) is 5.85. The molecule has 2 N–H and O–H groups in total. The van der Waals surface area contributed by atoms with Gasteiger partial charge in [-0.2, -0.15) is 0 Å². The highest BCUT2D eigenvalue weighted by Crippen LogP contribution is 2.31. The number of nitrogens with zero attached hydrogens (tertiary/aromatic N) is 1. The van der Waals surface area contributed by atoms with Gasteiger partial charge in [0.25, 0.3) is 0 Å². The quantitative estimate of drug-likeness (QED) is 0.827. The standard InChI is InChI=1S/C13H20N2O/c14-8-12(11-4-1-2-5-11)10-16-13-6-3-7-15-9-13/h3,6-7,9,11-12H,1-2,4-5,8,10,14H2. The van der Waals surface area contributed by atoms with Crippen molar-refractivity contribution in [2.45, 2.75) is 25.7 Å². The molecule has 0 spiro atoms. The zero-order valence-electron chi connectivity index (χ0n) is 9.64. The van der Waals surface area contributed by atoms with E-state index in [1.54, 1.807) is 12.4 Å². The smallest absolute Gasteiger partial charge is 0.137 e. The van der Waals surface area contributed by atoms with Gasteiger partial charge in [-0.05, 0) is 24.6 Å². The van der Waals surface area contributed by atoms with Crippen molar-refractivity contribution < 1.29 is 4.74 Å². The second-order valence-electron chi connectivity index (χ2n) is 4.54. The topological polar surface area (TPSA) is 48.1 Å². The van der Waals surface area contributed by atoms with Crippen LogP contribution in [0.2, 0.25) is 0 Å². The summed E-state index contributed by atoms with van der Waals surface area (Å²) in [6, 6.07) is 3.83. The van der Waals surface area contributed by atoms with Crippen molar-refractivity contribution in [1.29, 1.82) is 0 Å². The third-order valence-corrected chi connectivity index (χ3v) is 3.47. The van der Waals surface area contributed by atoms with Gasteiger partial charge < -0.3 is 10.5 Å². The number of nitrogens with two attached hydrogens (primary N) is 1. The molecule has 88 valence electrons. The molecule has 3 nitrogen and oxygen atoms in total. The lowest BCUT2D eigenvalue weighted by atomic mass is 9.92. The molecule has 1 saturated carbocycles. The molecule has 1 heterocycles. The Bertz CT molecular complexity index is 296. The Labute approximate surface area is 97.0 Å². The van der Waals surface area contributed by atoms with Crippen molar-refractivity contribution in [3.05, 3.63) is 24.5 Å². The minimum Gasteiger partial charge on any atom is -0.492 e. The van der Waals surface area contributed by atoms with Gasteiger partial charge in [0.1, 0.15) is 5.75 Å². The molecule has 1 aliphatic carbocycles. The summed E-state index contributed by atoms with van der Waals surface area (Å²) in [5.74, 6) is 2.11. The highest BCUT2D eigenvalue weighted by molar-refractivity contribution is 5.15. The van der Waals surface area contributed by atoms with E-state index < -0.39 is 0 Å². The van der Waals surface area contributed by atoms with Gasteiger partial charge in [-0.1, -0.05) is 25.7 Å². The molecule has 0 radical (unpaired) electrons. The van der Waals surface area contributed by atoms with E-state index in [4.69, 9.17) is 10.5 Å². The molecule has 0 bridgehead atoms. The van der Waals surface area contributed by atoms with Crippen LogP contribution in [0.4, 0.5) is 0 Å². The molecule has 1 aliphatic rings. The normalized spacial score (nSPS) is 18.6. The predicted molar refractivity (Wildman–Crippen MR) is 64.2 cm³/mol. The number of hydrogen-bond acceptors (Lipinski definition) is 3. The Morgan fingerprint density at radius 3 is 2.88 bits per heavy atom. The molecular weight excluding hydrogens is 200 g/mol. The molecule has 1 fully saturated rings. The Morgan fingerprint density at radius 2 is 2.25 bits per heavy atom. The Hall–Kier alpha value is -1.09. The van der Waals surface area contributed by atoms with E-state index in [-0.39, 0.29) is 0 Å². The van der Waals surface area contributed by atoms with Crippen LogP contribution >= 0.6 is 0 Å². The van der Waals surface area contributed by atoms with Gasteiger partial charge in [0, 0.05) is 12.1 Å². The van der Waals surface area contributed by atoms with E-state index in [9.17, 15) is 0 Å². The van der Waals surface area contributed by atoms with Gasteiger partial charge in [-0.25, -0.2) is 0 Å². The van der Waals surface area contributed by atoms with Crippen LogP contribution in [0.25, 0.3) is 0 Å². The van der Waals surface area contributed by atoms with Crippen molar-refractivity contribution >= 4 is 0 Å². The fourth-order valence-electron chi connectivity index (χ4n) is 2.46. The van der Waals surface area contributed by atoms with E-state index in [1.165, 1.54) is 25.7 Å². The van der Waals surface area contributed by atoms with Crippen LogP contribution in [0.15, 0.2) is 24.5 Å². The monoisotopic (exact) mass is 220 g/mol. The first-order valence-corrected chi connectivity index (χ1v) is 6.13. The van der Waals surface area contributed by atoms with Crippen molar-refractivity contribution in [2.24, 2.45) is 17.6 Å². The Balaban J connectivity index is 1.83. The maximum atomic E-state index is 5.82. The molecule has 1 aromatic rings. The third kappa shape index (κ3) is 2.95. The molecule has 0 aliphatic heterocycles. The first kappa shape index (κ1) is 11.4. The van der Waals surface area contributed by atoms with Gasteiger partial charge in [0.05, 0.1) is 12.8 Å². The third-order valence-electron chi connectivity index (χ3n) is 3.47. The highest BCUT2D eigenvalue weighted by atomic mass is 16.5. The summed E-state index contributed by atoms with van der Waals surface area (Å²) in [7, 11) is 0. The van der Waals surface area contributed by atoms with E-state index in [2.05, 4.69) is 4.98 Å². The van der Waals surface area contributed by atoms with Gasteiger partial charge in [0.15, 0.2) is 0 Å². The number of hydrogen-bond donors (Lipinski definition) is 1. The average molecular weight is 220 g/mol. The van der Waals surface area contributed by atoms with Crippen LogP contribution in [0.3, 0.4) is 0 Å². The van der Waals surface area contributed by atoms with Crippen molar-refractivity contribution in [2.75, 3.05) is 13.2 Å². The van der Waals surface area contributed by atoms with Crippen molar-refractivity contribution in [1.82, 2.24) is 4.98 Å². The fourth-order valence-corrected chi connectivity index (χ4v) is 2.46. The van der Waals surface area contributed by atoms with Crippen LogP contribution in [0.1, 0.15) is 25.7 Å². The van der Waals surface area contributed by atoms with Crippen LogP contribution in [-0.4, -0.2) is 18.1 Å². The maximum absolute atomic E-state index is 5.82. The highest BCUT2D eigenvalue weighted by Gasteiger charge is 2.24. The van der Waals surface area contributed by atoms with Crippen LogP contribution in [0, 0.1) is 11.8 Å². The number of aromatic nitrogens is 1. The first-order valence-electron chi connectivity index (χ1n) is 6.13. The van der Waals surface area contributed by atoms with E-state index in [1.807, 2.05) is 12.1 Å². The minimum atomic E-state index is 0.503. The summed E-state index contributed by atoms with van der Waals surface area (Å²) < 4.78 is 5.73. The van der Waals surface area contributed by atoms with Gasteiger partial charge in [-0.15, -0.1) is 0 Å². The lowest BCUT2D eigenvalue weighted by molar-refractivity contribution is 0.199. The largest absolute Gasteiger partial charge is 0.492 e. The number of ether oxygens (including phenoxy) is 1. The summed E-state index contributed by atoms with van der Waals surface area (Å²) in [5, 5.41) is 0. The molecular formula is C13H20N2O. The summed E-state index contributed by atoms with van der Waals surface area (Å²) in [6.45, 7) is 1.46. The fraction of sp³-hybridized carbons (Fsp3) is 0.615. The molecule has 3 heteroatoms. The average Bonchev–Trinajstić information content (AvgIpc) is 2.85. The van der Waals surface area contributed by atoms with Gasteiger partial charge in [-0.3, -0.25) is 4.98 Å². The molecule has 1 unspecified atom stereocenters. The van der Waals surface area contributed by atoms with Gasteiger partial charge in [0.2, 0.25) is 0 Å². The SMILES string of the molecule is NCC(COc1cccnc1)C1CCCC1. The Morgan fingerprint density at radius 1 is 1.44 bits per heavy atom. The molecule has 0 amide bonds. The Kier molecular flexibility index (Phi) is 4.17. The summed E-state index contributed by atoms with van der Waals surface area (Å²) in [6.07, 6.45) is 8.85. The summed E-state index contributed by atoms with van der Waals surface area (Å²) in [5.41, 5.74) is 5.82. The van der Waals surface area contributed by atoms with E-state index in [0.29, 0.717) is 5.92 Å². The molecule has 0 saturated heterocycles. The van der Waals surface area contributed by atoms with Gasteiger partial charge >= 0.3 is 0 Å².